The van der Waals surface area contributed by atoms with Gasteiger partial charge in [-0.1, -0.05) is 13.3 Å². The molecule has 1 N–H and O–H groups in total. The van der Waals surface area contributed by atoms with Crippen LogP contribution in [0.2, 0.25) is 0 Å². The van der Waals surface area contributed by atoms with Crippen molar-refractivity contribution >= 4 is 0 Å². The number of piperazine rings is 1. The molecule has 16 heavy (non-hydrogen) atoms. The molecule has 1 aromatic rings. The van der Waals surface area contributed by atoms with Gasteiger partial charge in [0.25, 0.3) is 0 Å². The zero-order valence-corrected chi connectivity index (χ0v) is 10.1. The largest absolute Gasteiger partial charge is 0.305 e. The molecule has 1 atom stereocenters. The van der Waals surface area contributed by atoms with Crippen molar-refractivity contribution in [3.05, 3.63) is 23.8 Å². The Bertz CT molecular complexity index is 340. The van der Waals surface area contributed by atoms with Crippen LogP contribution in [0.25, 0.3) is 0 Å². The van der Waals surface area contributed by atoms with E-state index in [1.807, 2.05) is 12.3 Å². The first-order chi connectivity index (χ1) is 7.79. The molecule has 4 nitrogen and oxygen atoms in total. The van der Waals surface area contributed by atoms with Crippen LogP contribution in [-0.4, -0.2) is 41.5 Å². The third kappa shape index (κ3) is 2.77. The van der Waals surface area contributed by atoms with E-state index in [9.17, 15) is 0 Å². The van der Waals surface area contributed by atoms with Gasteiger partial charge in [0.1, 0.15) is 5.82 Å². The number of nitrogens with zero attached hydrogens (tertiary/aromatic N) is 3. The molecule has 0 aliphatic carbocycles. The minimum absolute atomic E-state index is 0.288. The zero-order chi connectivity index (χ0) is 11.4. The Hall–Kier alpha value is -1.00. The number of nitrogens with one attached hydrogen (secondary N) is 1. The highest BCUT2D eigenvalue weighted by Crippen LogP contribution is 2.12. The van der Waals surface area contributed by atoms with Crippen molar-refractivity contribution in [2.24, 2.45) is 0 Å². The average Bonchev–Trinajstić information content (AvgIpc) is 2.30. The quantitative estimate of drug-likeness (QED) is 0.825. The molecule has 1 unspecified atom stereocenters. The molecule has 0 radical (unpaired) electrons. The summed E-state index contributed by atoms with van der Waals surface area (Å²) in [5.41, 5.74) is 1.16. The molecule has 88 valence electrons. The molecule has 2 rings (SSSR count). The molecular formula is C12H20N4. The first kappa shape index (κ1) is 11.5. The number of hydrogen-bond donors (Lipinski definition) is 1. The summed E-state index contributed by atoms with van der Waals surface area (Å²) in [6, 6.07) is 2.30. The topological polar surface area (TPSA) is 41.1 Å². The number of hydrogen-bond acceptors (Lipinski definition) is 4. The van der Waals surface area contributed by atoms with Crippen LogP contribution in [0, 0.1) is 0 Å². The second-order valence-corrected chi connectivity index (χ2v) is 4.43. The van der Waals surface area contributed by atoms with E-state index in [0.29, 0.717) is 0 Å². The van der Waals surface area contributed by atoms with Crippen LogP contribution in [0.15, 0.2) is 12.3 Å². The molecule has 0 bridgehead atoms. The molecule has 0 saturated carbocycles. The molecule has 1 aliphatic heterocycles. The lowest BCUT2D eigenvalue weighted by Gasteiger charge is -2.29. The van der Waals surface area contributed by atoms with Gasteiger partial charge in [-0.2, -0.15) is 0 Å². The van der Waals surface area contributed by atoms with E-state index >= 15 is 0 Å². The van der Waals surface area contributed by atoms with Crippen LogP contribution in [0.5, 0.6) is 0 Å². The van der Waals surface area contributed by atoms with Gasteiger partial charge in [0.2, 0.25) is 0 Å². The van der Waals surface area contributed by atoms with Gasteiger partial charge >= 0.3 is 0 Å². The van der Waals surface area contributed by atoms with Crippen LogP contribution in [0.3, 0.4) is 0 Å². The third-order valence-electron chi connectivity index (χ3n) is 2.93. The predicted molar refractivity (Wildman–Crippen MR) is 64.3 cm³/mol. The molecule has 0 aromatic carbocycles. The van der Waals surface area contributed by atoms with Crippen LogP contribution < -0.4 is 5.32 Å². The highest BCUT2D eigenvalue weighted by atomic mass is 15.2. The van der Waals surface area contributed by atoms with Crippen molar-refractivity contribution in [3.8, 4) is 0 Å². The van der Waals surface area contributed by atoms with E-state index in [1.165, 1.54) is 0 Å². The smallest absolute Gasteiger partial charge is 0.146 e. The lowest BCUT2D eigenvalue weighted by Crippen LogP contribution is -2.44. The van der Waals surface area contributed by atoms with Gasteiger partial charge in [-0.05, 0) is 19.5 Å². The number of likely N-dealkylation sites (N-methyl/N-ethyl adjacent to an activating group) is 1. The van der Waals surface area contributed by atoms with Gasteiger partial charge in [-0.3, -0.25) is 0 Å². The number of aryl methyl sites for hydroxylation is 1. The monoisotopic (exact) mass is 220 g/mol. The van der Waals surface area contributed by atoms with E-state index in [4.69, 9.17) is 0 Å². The summed E-state index contributed by atoms with van der Waals surface area (Å²) in [6.45, 7) is 5.29. The normalized spacial score (nSPS) is 22.2. The summed E-state index contributed by atoms with van der Waals surface area (Å²) >= 11 is 0. The van der Waals surface area contributed by atoms with Gasteiger partial charge in [-0.15, -0.1) is 0 Å². The Morgan fingerprint density at radius 3 is 3.19 bits per heavy atom. The van der Waals surface area contributed by atoms with Crippen molar-refractivity contribution in [1.82, 2.24) is 20.2 Å². The number of rotatable bonds is 3. The minimum Gasteiger partial charge on any atom is -0.305 e. The fraction of sp³-hybridized carbons (Fsp3) is 0.667. The summed E-state index contributed by atoms with van der Waals surface area (Å²) in [5, 5.41) is 3.47. The third-order valence-corrected chi connectivity index (χ3v) is 2.93. The zero-order valence-electron chi connectivity index (χ0n) is 10.1. The lowest BCUT2D eigenvalue weighted by atomic mass is 10.2. The van der Waals surface area contributed by atoms with E-state index in [0.717, 1.165) is 44.0 Å². The average molecular weight is 220 g/mol. The van der Waals surface area contributed by atoms with Gasteiger partial charge < -0.3 is 10.2 Å². The van der Waals surface area contributed by atoms with E-state index < -0.39 is 0 Å². The minimum atomic E-state index is 0.288. The van der Waals surface area contributed by atoms with Crippen LogP contribution >= 0.6 is 0 Å². The Balaban J connectivity index is 2.09. The van der Waals surface area contributed by atoms with Gasteiger partial charge in [0.05, 0.1) is 6.04 Å². The van der Waals surface area contributed by atoms with Gasteiger partial charge in [0, 0.05) is 31.5 Å². The summed E-state index contributed by atoms with van der Waals surface area (Å²) in [5.74, 6) is 0.942. The molecular weight excluding hydrogens is 200 g/mol. The van der Waals surface area contributed by atoms with Crippen molar-refractivity contribution in [3.63, 3.8) is 0 Å². The molecule has 1 aromatic heterocycles. The molecule has 1 aliphatic rings. The Kier molecular flexibility index (Phi) is 3.85. The first-order valence-corrected chi connectivity index (χ1v) is 6.03. The van der Waals surface area contributed by atoms with Crippen molar-refractivity contribution in [2.75, 3.05) is 26.7 Å². The molecule has 0 spiro atoms. The summed E-state index contributed by atoms with van der Waals surface area (Å²) < 4.78 is 0. The summed E-state index contributed by atoms with van der Waals surface area (Å²) in [7, 11) is 2.14. The van der Waals surface area contributed by atoms with E-state index in [2.05, 4.69) is 34.2 Å². The summed E-state index contributed by atoms with van der Waals surface area (Å²) in [6.07, 6.45) is 4.05. The number of aromatic nitrogens is 2. The van der Waals surface area contributed by atoms with Crippen molar-refractivity contribution in [2.45, 2.75) is 25.8 Å². The Morgan fingerprint density at radius 2 is 2.44 bits per heavy atom. The van der Waals surface area contributed by atoms with Gasteiger partial charge in [-0.25, -0.2) is 9.97 Å². The maximum atomic E-state index is 4.62. The fourth-order valence-corrected chi connectivity index (χ4v) is 2.05. The first-order valence-electron chi connectivity index (χ1n) is 6.03. The Labute approximate surface area is 97.1 Å². The fourth-order valence-electron chi connectivity index (χ4n) is 2.05. The van der Waals surface area contributed by atoms with E-state index in [-0.39, 0.29) is 6.04 Å². The lowest BCUT2D eigenvalue weighted by molar-refractivity contribution is 0.235. The predicted octanol–water partition coefficient (Wildman–Crippen LogP) is 1.01. The van der Waals surface area contributed by atoms with Crippen molar-refractivity contribution in [1.29, 1.82) is 0 Å². The SMILES string of the molecule is CCCc1ccnc(C2CN(C)CCN2)n1. The van der Waals surface area contributed by atoms with Gasteiger partial charge in [0.15, 0.2) is 0 Å². The van der Waals surface area contributed by atoms with Crippen molar-refractivity contribution < 1.29 is 0 Å². The Morgan fingerprint density at radius 1 is 1.56 bits per heavy atom. The maximum absolute atomic E-state index is 4.62. The molecule has 1 saturated heterocycles. The summed E-state index contributed by atoms with van der Waals surface area (Å²) in [4.78, 5) is 11.3. The van der Waals surface area contributed by atoms with Crippen LogP contribution in [-0.2, 0) is 6.42 Å². The van der Waals surface area contributed by atoms with Crippen LogP contribution in [0.4, 0.5) is 0 Å². The standard InChI is InChI=1S/C12H20N4/c1-3-4-10-5-6-14-12(15-10)11-9-16(2)8-7-13-11/h5-6,11,13H,3-4,7-9H2,1-2H3. The molecule has 2 heterocycles. The molecule has 4 heteroatoms. The maximum Gasteiger partial charge on any atom is 0.146 e. The molecule has 0 amide bonds. The molecule has 1 fully saturated rings. The second kappa shape index (κ2) is 5.37. The highest BCUT2D eigenvalue weighted by Gasteiger charge is 2.20. The second-order valence-electron chi connectivity index (χ2n) is 4.43. The van der Waals surface area contributed by atoms with E-state index in [1.54, 1.807) is 0 Å². The van der Waals surface area contributed by atoms with Crippen LogP contribution in [0.1, 0.15) is 30.9 Å². The highest BCUT2D eigenvalue weighted by molar-refractivity contribution is 5.06.